The van der Waals surface area contributed by atoms with Gasteiger partial charge in [0.15, 0.2) is 0 Å². The van der Waals surface area contributed by atoms with E-state index in [1.807, 2.05) is 13.0 Å². The zero-order valence-corrected chi connectivity index (χ0v) is 15.4. The average Bonchev–Trinajstić information content (AvgIpc) is 3.02. The Kier molecular flexibility index (Phi) is 4.40. The summed E-state index contributed by atoms with van der Waals surface area (Å²) >= 11 is 0. The molecule has 0 spiro atoms. The zero-order chi connectivity index (χ0) is 18.1. The summed E-state index contributed by atoms with van der Waals surface area (Å²) in [5, 5.41) is 5.56. The first-order valence-corrected chi connectivity index (χ1v) is 10.4. The van der Waals surface area contributed by atoms with E-state index >= 15 is 0 Å². The Labute approximate surface area is 152 Å². The summed E-state index contributed by atoms with van der Waals surface area (Å²) in [5.74, 6) is 0.561. The van der Waals surface area contributed by atoms with Gasteiger partial charge >= 0.3 is 0 Å². The molecule has 6 nitrogen and oxygen atoms in total. The molecule has 0 unspecified atom stereocenters. The lowest BCUT2D eigenvalue weighted by atomic mass is 9.86. The van der Waals surface area contributed by atoms with Crippen molar-refractivity contribution in [3.05, 3.63) is 47.9 Å². The van der Waals surface area contributed by atoms with Crippen LogP contribution in [0.1, 0.15) is 49.3 Å². The van der Waals surface area contributed by atoms with Crippen molar-refractivity contribution in [1.82, 2.24) is 10.1 Å². The molecule has 0 amide bonds. The van der Waals surface area contributed by atoms with E-state index in [2.05, 4.69) is 14.9 Å². The molecule has 4 rings (SSSR count). The number of fused-ring (bicyclic) bond motifs is 1. The largest absolute Gasteiger partial charge is 0.337 e. The molecule has 2 aromatic heterocycles. The average molecular weight is 371 g/mol. The van der Waals surface area contributed by atoms with Crippen LogP contribution >= 0.6 is 0 Å². The van der Waals surface area contributed by atoms with Gasteiger partial charge in [-0.25, -0.2) is 13.1 Å². The number of rotatable bonds is 4. The van der Waals surface area contributed by atoms with Gasteiger partial charge < -0.3 is 4.52 Å². The van der Waals surface area contributed by atoms with Crippen molar-refractivity contribution in [3.8, 4) is 0 Å². The maximum atomic E-state index is 12.9. The lowest BCUT2D eigenvalue weighted by Gasteiger charge is -2.19. The Hall–Kier alpha value is -2.41. The van der Waals surface area contributed by atoms with Crippen molar-refractivity contribution in [2.24, 2.45) is 0 Å². The summed E-state index contributed by atoms with van der Waals surface area (Å²) in [6.07, 6.45) is 9.01. The van der Waals surface area contributed by atoms with E-state index in [4.69, 9.17) is 4.52 Å². The normalized spacial score (nSPS) is 16.0. The van der Waals surface area contributed by atoms with Crippen LogP contribution in [0.2, 0.25) is 0 Å². The van der Waals surface area contributed by atoms with E-state index in [0.717, 1.165) is 29.5 Å². The summed E-state index contributed by atoms with van der Waals surface area (Å²) in [6.45, 7) is 1.87. The smallest absolute Gasteiger partial charge is 0.264 e. The van der Waals surface area contributed by atoms with Crippen LogP contribution in [-0.4, -0.2) is 18.6 Å². The first kappa shape index (κ1) is 17.0. The van der Waals surface area contributed by atoms with E-state index in [9.17, 15) is 8.42 Å². The number of nitrogens with zero attached hydrogens (tertiary/aromatic N) is 2. The Morgan fingerprint density at radius 1 is 1.15 bits per heavy atom. The van der Waals surface area contributed by atoms with Crippen molar-refractivity contribution in [2.45, 2.75) is 49.8 Å². The predicted molar refractivity (Wildman–Crippen MR) is 99.6 cm³/mol. The van der Waals surface area contributed by atoms with Crippen molar-refractivity contribution < 1.29 is 12.9 Å². The van der Waals surface area contributed by atoms with Gasteiger partial charge in [0.2, 0.25) is 5.88 Å². The molecule has 1 fully saturated rings. The first-order valence-electron chi connectivity index (χ1n) is 8.88. The third-order valence-corrected chi connectivity index (χ3v) is 6.50. The molecule has 26 heavy (non-hydrogen) atoms. The SMILES string of the molecule is Cc1c(C2CCCCC2)noc1NS(=O)(=O)c1cccc2cnccc12. The van der Waals surface area contributed by atoms with Crippen molar-refractivity contribution in [2.75, 3.05) is 4.72 Å². The molecule has 1 aliphatic carbocycles. The zero-order valence-electron chi connectivity index (χ0n) is 14.6. The quantitative estimate of drug-likeness (QED) is 0.735. The van der Waals surface area contributed by atoms with E-state index in [1.54, 1.807) is 30.6 Å². The van der Waals surface area contributed by atoms with Crippen LogP contribution in [0.25, 0.3) is 10.8 Å². The van der Waals surface area contributed by atoms with Crippen LogP contribution in [0.3, 0.4) is 0 Å². The molecule has 0 bridgehead atoms. The molecule has 0 aliphatic heterocycles. The molecule has 2 heterocycles. The fraction of sp³-hybridized carbons (Fsp3) is 0.368. The lowest BCUT2D eigenvalue weighted by Crippen LogP contribution is -2.14. The monoisotopic (exact) mass is 371 g/mol. The highest BCUT2D eigenvalue weighted by Gasteiger charge is 2.26. The van der Waals surface area contributed by atoms with Crippen molar-refractivity contribution >= 4 is 26.7 Å². The maximum Gasteiger partial charge on any atom is 0.264 e. The molecule has 1 N–H and O–H groups in total. The molecule has 0 atom stereocenters. The van der Waals surface area contributed by atoms with Crippen molar-refractivity contribution in [3.63, 3.8) is 0 Å². The summed E-state index contributed by atoms with van der Waals surface area (Å²) in [6, 6.07) is 6.82. The van der Waals surface area contributed by atoms with E-state index in [1.165, 1.54) is 19.3 Å². The van der Waals surface area contributed by atoms with Crippen LogP contribution in [0, 0.1) is 6.92 Å². The molecule has 1 aromatic carbocycles. The Balaban J connectivity index is 1.67. The number of benzene rings is 1. The van der Waals surface area contributed by atoms with E-state index in [0.29, 0.717) is 11.3 Å². The topological polar surface area (TPSA) is 85.1 Å². The fourth-order valence-corrected chi connectivity index (χ4v) is 4.98. The van der Waals surface area contributed by atoms with E-state index in [-0.39, 0.29) is 10.8 Å². The summed E-state index contributed by atoms with van der Waals surface area (Å²) < 4.78 is 33.8. The molecular formula is C19H21N3O3S. The number of hydrogen-bond donors (Lipinski definition) is 1. The van der Waals surface area contributed by atoms with Gasteiger partial charge in [0, 0.05) is 34.6 Å². The van der Waals surface area contributed by atoms with Crippen LogP contribution in [-0.2, 0) is 10.0 Å². The highest BCUT2D eigenvalue weighted by Crippen LogP contribution is 2.36. The fourth-order valence-electron chi connectivity index (χ4n) is 3.70. The number of nitrogens with one attached hydrogen (secondary N) is 1. The minimum Gasteiger partial charge on any atom is -0.337 e. The molecule has 1 saturated carbocycles. The number of pyridine rings is 1. The number of hydrogen-bond acceptors (Lipinski definition) is 5. The Bertz CT molecular complexity index is 1030. The first-order chi connectivity index (χ1) is 12.6. The summed E-state index contributed by atoms with van der Waals surface area (Å²) in [5.41, 5.74) is 1.66. The van der Waals surface area contributed by atoms with E-state index < -0.39 is 10.0 Å². The van der Waals surface area contributed by atoms with Gasteiger partial charge in [-0.3, -0.25) is 4.98 Å². The van der Waals surface area contributed by atoms with Gasteiger partial charge in [0.1, 0.15) is 0 Å². The number of aromatic nitrogens is 2. The highest BCUT2D eigenvalue weighted by molar-refractivity contribution is 7.93. The van der Waals surface area contributed by atoms with Crippen LogP contribution in [0.5, 0.6) is 0 Å². The van der Waals surface area contributed by atoms with Gasteiger partial charge in [-0.05, 0) is 31.9 Å². The van der Waals surface area contributed by atoms with Gasteiger partial charge in [0.25, 0.3) is 10.0 Å². The third kappa shape index (κ3) is 3.07. The summed E-state index contributed by atoms with van der Waals surface area (Å²) in [7, 11) is -3.79. The van der Waals surface area contributed by atoms with Crippen LogP contribution in [0.15, 0.2) is 46.1 Å². The molecule has 1 aliphatic rings. The molecule has 0 radical (unpaired) electrons. The molecule has 0 saturated heterocycles. The van der Waals surface area contributed by atoms with Gasteiger partial charge in [-0.2, -0.15) is 0 Å². The van der Waals surface area contributed by atoms with Crippen LogP contribution < -0.4 is 4.72 Å². The second-order valence-electron chi connectivity index (χ2n) is 6.82. The third-order valence-electron chi connectivity index (χ3n) is 5.11. The maximum absolute atomic E-state index is 12.9. The molecule has 136 valence electrons. The number of sulfonamides is 1. The lowest BCUT2D eigenvalue weighted by molar-refractivity contribution is 0.387. The standard InChI is InChI=1S/C19H21N3O3S/c1-13-18(14-6-3-2-4-7-14)21-25-19(13)22-26(23,24)17-9-5-8-15-12-20-11-10-16(15)17/h5,8-12,14,22H,2-4,6-7H2,1H3. The minimum atomic E-state index is -3.79. The Morgan fingerprint density at radius 3 is 2.77 bits per heavy atom. The van der Waals surface area contributed by atoms with Gasteiger partial charge in [-0.15, -0.1) is 0 Å². The highest BCUT2D eigenvalue weighted by atomic mass is 32.2. The van der Waals surface area contributed by atoms with Gasteiger partial charge in [-0.1, -0.05) is 36.6 Å². The molecule has 3 aromatic rings. The Morgan fingerprint density at radius 2 is 1.96 bits per heavy atom. The second-order valence-corrected chi connectivity index (χ2v) is 8.47. The summed E-state index contributed by atoms with van der Waals surface area (Å²) in [4.78, 5) is 4.25. The second kappa shape index (κ2) is 6.72. The number of anilines is 1. The van der Waals surface area contributed by atoms with Crippen molar-refractivity contribution in [1.29, 1.82) is 0 Å². The minimum absolute atomic E-state index is 0.201. The molecular weight excluding hydrogens is 350 g/mol. The van der Waals surface area contributed by atoms with Gasteiger partial charge in [0.05, 0.1) is 10.6 Å². The van der Waals surface area contributed by atoms with Crippen LogP contribution in [0.4, 0.5) is 5.88 Å². The predicted octanol–water partition coefficient (Wildman–Crippen LogP) is 4.38. The molecule has 7 heteroatoms.